The molecule has 1 rings (SSSR count). The summed E-state index contributed by atoms with van der Waals surface area (Å²) in [7, 11) is 0. The summed E-state index contributed by atoms with van der Waals surface area (Å²) in [5.74, 6) is -3.05. The zero-order valence-corrected chi connectivity index (χ0v) is 11.4. The number of aromatic nitrogens is 1. The molecule has 1 heterocycles. The zero-order valence-electron chi connectivity index (χ0n) is 11.4. The summed E-state index contributed by atoms with van der Waals surface area (Å²) in [6.07, 6.45) is 4.57. The average molecular weight is 288 g/mol. The molecule has 0 bridgehead atoms. The summed E-state index contributed by atoms with van der Waals surface area (Å²) in [4.78, 5) is 28.2. The second-order valence-corrected chi connectivity index (χ2v) is 4.03. The first kappa shape index (κ1) is 16.2. The minimum atomic E-state index is -1.53. The molecular weight excluding hydrogens is 272 g/mol. The van der Waals surface area contributed by atoms with Crippen LogP contribution in [0.15, 0.2) is 55.3 Å². The van der Waals surface area contributed by atoms with Gasteiger partial charge in [0.1, 0.15) is 0 Å². The van der Waals surface area contributed by atoms with E-state index >= 15 is 0 Å². The fourth-order valence-electron chi connectivity index (χ4n) is 1.81. The SMILES string of the molecule is C=CCN(CC=C)C(=C(C(=O)O)C(=O)O)c1ccccn1. The second-order valence-electron chi connectivity index (χ2n) is 4.03. The van der Waals surface area contributed by atoms with Gasteiger partial charge in [-0.1, -0.05) is 18.2 Å². The van der Waals surface area contributed by atoms with Crippen LogP contribution in [0.5, 0.6) is 0 Å². The summed E-state index contributed by atoms with van der Waals surface area (Å²) in [5.41, 5.74) is -0.450. The van der Waals surface area contributed by atoms with Gasteiger partial charge in [0.25, 0.3) is 0 Å². The molecule has 2 N–H and O–H groups in total. The van der Waals surface area contributed by atoms with Crippen LogP contribution < -0.4 is 0 Å². The maximum absolute atomic E-state index is 11.3. The van der Waals surface area contributed by atoms with Crippen molar-refractivity contribution in [2.45, 2.75) is 0 Å². The summed E-state index contributed by atoms with van der Waals surface area (Å²) >= 11 is 0. The van der Waals surface area contributed by atoms with E-state index in [2.05, 4.69) is 18.1 Å². The van der Waals surface area contributed by atoms with Crippen LogP contribution in [0, 0.1) is 0 Å². The minimum absolute atomic E-state index is 0.0235. The Balaban J connectivity index is 3.58. The van der Waals surface area contributed by atoms with Crippen molar-refractivity contribution in [1.82, 2.24) is 9.88 Å². The number of hydrogen-bond acceptors (Lipinski definition) is 4. The number of hydrogen-bond donors (Lipinski definition) is 2. The van der Waals surface area contributed by atoms with Crippen molar-refractivity contribution in [1.29, 1.82) is 0 Å². The van der Waals surface area contributed by atoms with Gasteiger partial charge in [0, 0.05) is 19.3 Å². The molecule has 0 spiro atoms. The zero-order chi connectivity index (χ0) is 15.8. The van der Waals surface area contributed by atoms with E-state index in [1.165, 1.54) is 6.20 Å². The normalized spacial score (nSPS) is 9.52. The largest absolute Gasteiger partial charge is 0.477 e. The lowest BCUT2D eigenvalue weighted by atomic mass is 10.1. The van der Waals surface area contributed by atoms with Crippen LogP contribution in [0.25, 0.3) is 5.70 Å². The van der Waals surface area contributed by atoms with E-state index in [1.54, 1.807) is 35.3 Å². The Labute approximate surface area is 122 Å². The monoisotopic (exact) mass is 288 g/mol. The van der Waals surface area contributed by atoms with Gasteiger partial charge in [-0.25, -0.2) is 9.59 Å². The van der Waals surface area contributed by atoms with E-state index in [9.17, 15) is 19.8 Å². The molecule has 110 valence electrons. The first-order valence-corrected chi connectivity index (χ1v) is 6.11. The van der Waals surface area contributed by atoms with Crippen molar-refractivity contribution < 1.29 is 19.8 Å². The van der Waals surface area contributed by atoms with Gasteiger partial charge in [0.2, 0.25) is 0 Å². The van der Waals surface area contributed by atoms with Crippen molar-refractivity contribution in [3.63, 3.8) is 0 Å². The molecule has 0 aliphatic heterocycles. The highest BCUT2D eigenvalue weighted by molar-refractivity contribution is 6.18. The number of carboxylic acid groups (broad SMARTS) is 2. The number of aliphatic carboxylic acids is 2. The van der Waals surface area contributed by atoms with Crippen molar-refractivity contribution in [3.05, 3.63) is 61.0 Å². The number of pyridine rings is 1. The number of carbonyl (C=O) groups is 2. The first-order chi connectivity index (χ1) is 10.0. The first-order valence-electron chi connectivity index (χ1n) is 6.11. The Morgan fingerprint density at radius 1 is 1.14 bits per heavy atom. The molecule has 0 unspecified atom stereocenters. The number of carboxylic acids is 2. The van der Waals surface area contributed by atoms with Crippen molar-refractivity contribution in [2.24, 2.45) is 0 Å². The Bertz CT molecular complexity index is 553. The highest BCUT2D eigenvalue weighted by Gasteiger charge is 2.27. The van der Waals surface area contributed by atoms with Gasteiger partial charge in [-0.05, 0) is 12.1 Å². The van der Waals surface area contributed by atoms with E-state index in [0.717, 1.165) is 0 Å². The molecule has 6 heteroatoms. The summed E-state index contributed by atoms with van der Waals surface area (Å²) in [5, 5.41) is 18.4. The fourth-order valence-corrected chi connectivity index (χ4v) is 1.81. The molecule has 0 amide bonds. The molecule has 1 aromatic heterocycles. The van der Waals surface area contributed by atoms with Crippen LogP contribution >= 0.6 is 0 Å². The second kappa shape index (κ2) is 7.64. The van der Waals surface area contributed by atoms with Crippen molar-refractivity contribution in [3.8, 4) is 0 Å². The van der Waals surface area contributed by atoms with Gasteiger partial charge in [-0.2, -0.15) is 0 Å². The molecule has 6 nitrogen and oxygen atoms in total. The van der Waals surface area contributed by atoms with Crippen LogP contribution in [0.4, 0.5) is 0 Å². The van der Waals surface area contributed by atoms with E-state index in [4.69, 9.17) is 0 Å². The Morgan fingerprint density at radius 2 is 1.71 bits per heavy atom. The highest BCUT2D eigenvalue weighted by atomic mass is 16.4. The van der Waals surface area contributed by atoms with Crippen molar-refractivity contribution >= 4 is 17.6 Å². The van der Waals surface area contributed by atoms with Gasteiger partial charge < -0.3 is 15.1 Å². The lowest BCUT2D eigenvalue weighted by Crippen LogP contribution is -2.28. The molecule has 0 saturated carbocycles. The standard InChI is InChI=1S/C15H16N2O4/c1-3-9-17(10-4-2)13(11-7-5-6-8-16-11)12(14(18)19)15(20)21/h3-8H,1-2,9-10H2,(H,18,19)(H,20,21). The molecule has 21 heavy (non-hydrogen) atoms. The third-order valence-corrected chi connectivity index (χ3v) is 2.59. The maximum atomic E-state index is 11.3. The van der Waals surface area contributed by atoms with Crippen LogP contribution in [0.3, 0.4) is 0 Å². The smallest absolute Gasteiger partial charge is 0.345 e. The van der Waals surface area contributed by atoms with Gasteiger partial charge in [0.05, 0.1) is 11.4 Å². The molecule has 0 fully saturated rings. The average Bonchev–Trinajstić information content (AvgIpc) is 2.44. The Kier molecular flexibility index (Phi) is 5.88. The number of nitrogens with zero attached hydrogens (tertiary/aromatic N) is 2. The summed E-state index contributed by atoms with van der Waals surface area (Å²) in [6.45, 7) is 7.72. The predicted molar refractivity (Wildman–Crippen MR) is 78.4 cm³/mol. The quantitative estimate of drug-likeness (QED) is 0.327. The Hall–Kier alpha value is -2.89. The maximum Gasteiger partial charge on any atom is 0.345 e. The summed E-state index contributed by atoms with van der Waals surface area (Å²) in [6, 6.07) is 4.87. The lowest BCUT2D eigenvalue weighted by Gasteiger charge is -2.25. The number of rotatable bonds is 8. The third kappa shape index (κ3) is 4.04. The van der Waals surface area contributed by atoms with E-state index in [-0.39, 0.29) is 24.5 Å². The van der Waals surface area contributed by atoms with Gasteiger partial charge >= 0.3 is 11.9 Å². The van der Waals surface area contributed by atoms with Crippen LogP contribution in [-0.2, 0) is 9.59 Å². The highest BCUT2D eigenvalue weighted by Crippen LogP contribution is 2.22. The topological polar surface area (TPSA) is 90.7 Å². The predicted octanol–water partition coefficient (Wildman–Crippen LogP) is 1.64. The van der Waals surface area contributed by atoms with Crippen LogP contribution in [0.1, 0.15) is 5.69 Å². The molecule has 1 aromatic rings. The molecule has 0 aliphatic carbocycles. The minimum Gasteiger partial charge on any atom is -0.477 e. The fraction of sp³-hybridized carbons (Fsp3) is 0.133. The summed E-state index contributed by atoms with van der Waals surface area (Å²) < 4.78 is 0. The molecule has 0 aliphatic rings. The molecular formula is C15H16N2O4. The molecule has 0 aromatic carbocycles. The van der Waals surface area contributed by atoms with E-state index in [1.807, 2.05) is 0 Å². The van der Waals surface area contributed by atoms with Gasteiger partial charge in [0.15, 0.2) is 5.57 Å². The van der Waals surface area contributed by atoms with Crippen LogP contribution in [0.2, 0.25) is 0 Å². The van der Waals surface area contributed by atoms with E-state index in [0.29, 0.717) is 0 Å². The van der Waals surface area contributed by atoms with Crippen LogP contribution in [-0.4, -0.2) is 45.1 Å². The lowest BCUT2D eigenvalue weighted by molar-refractivity contribution is -0.140. The molecule has 0 radical (unpaired) electrons. The van der Waals surface area contributed by atoms with Gasteiger partial charge in [-0.3, -0.25) is 4.98 Å². The Morgan fingerprint density at radius 3 is 2.10 bits per heavy atom. The molecule has 0 saturated heterocycles. The van der Waals surface area contributed by atoms with Gasteiger partial charge in [-0.15, -0.1) is 13.2 Å². The van der Waals surface area contributed by atoms with Crippen molar-refractivity contribution in [2.75, 3.05) is 13.1 Å². The van der Waals surface area contributed by atoms with E-state index < -0.39 is 17.5 Å². The molecule has 0 atom stereocenters. The third-order valence-electron chi connectivity index (χ3n) is 2.59.